The molecule has 2 rings (SSSR count). The van der Waals surface area contributed by atoms with Gasteiger partial charge >= 0.3 is 0 Å². The fourth-order valence-corrected chi connectivity index (χ4v) is 1.33. The van der Waals surface area contributed by atoms with Gasteiger partial charge in [0.15, 0.2) is 0 Å². The molecular weight excluding hydrogens is 190 g/mol. The predicted molar refractivity (Wildman–Crippen MR) is 54.8 cm³/mol. The van der Waals surface area contributed by atoms with Crippen LogP contribution in [0.1, 0.15) is 11.3 Å². The SMILES string of the molecule is N#Cc1ccc(-c2ccc(CO)cc2)o1. The van der Waals surface area contributed by atoms with E-state index in [0.29, 0.717) is 11.5 Å². The molecule has 0 amide bonds. The third kappa shape index (κ3) is 1.90. The van der Waals surface area contributed by atoms with Crippen LogP contribution in [-0.4, -0.2) is 5.11 Å². The lowest BCUT2D eigenvalue weighted by molar-refractivity contribution is 0.282. The van der Waals surface area contributed by atoms with Gasteiger partial charge in [-0.05, 0) is 17.7 Å². The highest BCUT2D eigenvalue weighted by Crippen LogP contribution is 2.22. The maximum atomic E-state index is 8.87. The normalized spacial score (nSPS) is 9.87. The molecule has 1 heterocycles. The maximum Gasteiger partial charge on any atom is 0.204 e. The molecule has 3 heteroatoms. The van der Waals surface area contributed by atoms with Crippen molar-refractivity contribution in [3.63, 3.8) is 0 Å². The first-order chi connectivity index (χ1) is 7.33. The summed E-state index contributed by atoms with van der Waals surface area (Å²) in [4.78, 5) is 0. The van der Waals surface area contributed by atoms with Crippen molar-refractivity contribution in [3.05, 3.63) is 47.7 Å². The summed E-state index contributed by atoms with van der Waals surface area (Å²) in [6.45, 7) is 0.0296. The third-order valence-corrected chi connectivity index (χ3v) is 2.14. The van der Waals surface area contributed by atoms with Crippen molar-refractivity contribution in [1.29, 1.82) is 5.26 Å². The van der Waals surface area contributed by atoms with Crippen LogP contribution < -0.4 is 0 Å². The van der Waals surface area contributed by atoms with E-state index in [-0.39, 0.29) is 6.61 Å². The van der Waals surface area contributed by atoms with Crippen molar-refractivity contribution >= 4 is 0 Å². The van der Waals surface area contributed by atoms with Crippen molar-refractivity contribution in [2.45, 2.75) is 6.61 Å². The zero-order chi connectivity index (χ0) is 10.7. The minimum absolute atomic E-state index is 0.0296. The summed E-state index contributed by atoms with van der Waals surface area (Å²) in [6.07, 6.45) is 0. The molecule has 0 aliphatic carbocycles. The number of benzene rings is 1. The molecule has 0 aliphatic heterocycles. The third-order valence-electron chi connectivity index (χ3n) is 2.14. The first kappa shape index (κ1) is 9.50. The van der Waals surface area contributed by atoms with Gasteiger partial charge in [-0.15, -0.1) is 0 Å². The predicted octanol–water partition coefficient (Wildman–Crippen LogP) is 2.31. The van der Waals surface area contributed by atoms with Crippen LogP contribution in [0, 0.1) is 11.3 Å². The van der Waals surface area contributed by atoms with Gasteiger partial charge in [-0.1, -0.05) is 24.3 Å². The topological polar surface area (TPSA) is 57.2 Å². The number of rotatable bonds is 2. The second kappa shape index (κ2) is 3.99. The Bertz CT molecular complexity index is 491. The van der Waals surface area contributed by atoms with Gasteiger partial charge in [0.2, 0.25) is 5.76 Å². The van der Waals surface area contributed by atoms with E-state index in [9.17, 15) is 0 Å². The van der Waals surface area contributed by atoms with Crippen molar-refractivity contribution < 1.29 is 9.52 Å². The molecule has 0 fully saturated rings. The van der Waals surface area contributed by atoms with Crippen LogP contribution in [0.3, 0.4) is 0 Å². The number of nitrogens with zero attached hydrogens (tertiary/aromatic N) is 1. The Hall–Kier alpha value is -2.05. The Morgan fingerprint density at radius 2 is 1.87 bits per heavy atom. The minimum Gasteiger partial charge on any atom is -0.446 e. The van der Waals surface area contributed by atoms with E-state index in [2.05, 4.69) is 0 Å². The first-order valence-corrected chi connectivity index (χ1v) is 4.53. The molecule has 0 bridgehead atoms. The summed E-state index contributed by atoms with van der Waals surface area (Å²) < 4.78 is 5.27. The molecule has 0 spiro atoms. The molecule has 0 atom stereocenters. The summed E-state index contributed by atoms with van der Waals surface area (Å²) in [5.74, 6) is 0.965. The maximum absolute atomic E-state index is 8.87. The average Bonchev–Trinajstić information content (AvgIpc) is 2.78. The molecule has 0 radical (unpaired) electrons. The van der Waals surface area contributed by atoms with Crippen molar-refractivity contribution in [2.75, 3.05) is 0 Å². The van der Waals surface area contributed by atoms with Gasteiger partial charge in [-0.3, -0.25) is 0 Å². The van der Waals surface area contributed by atoms with E-state index >= 15 is 0 Å². The number of aliphatic hydroxyl groups is 1. The fraction of sp³-hybridized carbons (Fsp3) is 0.0833. The molecule has 0 unspecified atom stereocenters. The molecule has 74 valence electrons. The summed E-state index contributed by atoms with van der Waals surface area (Å²) in [5.41, 5.74) is 1.75. The van der Waals surface area contributed by atoms with Gasteiger partial charge in [0.25, 0.3) is 0 Å². The zero-order valence-electron chi connectivity index (χ0n) is 7.97. The molecule has 2 aromatic rings. The Balaban J connectivity index is 2.33. The average molecular weight is 199 g/mol. The van der Waals surface area contributed by atoms with Crippen LogP contribution >= 0.6 is 0 Å². The highest BCUT2D eigenvalue weighted by atomic mass is 16.3. The minimum atomic E-state index is 0.0296. The quantitative estimate of drug-likeness (QED) is 0.807. The lowest BCUT2D eigenvalue weighted by Crippen LogP contribution is -1.81. The van der Waals surface area contributed by atoms with E-state index in [1.807, 2.05) is 30.3 Å². The Labute approximate surface area is 87.2 Å². The number of hydrogen-bond donors (Lipinski definition) is 1. The van der Waals surface area contributed by atoms with Gasteiger partial charge < -0.3 is 9.52 Å². The van der Waals surface area contributed by atoms with Gasteiger partial charge in [-0.25, -0.2) is 0 Å². The Morgan fingerprint density at radius 3 is 2.40 bits per heavy atom. The molecule has 15 heavy (non-hydrogen) atoms. The van der Waals surface area contributed by atoms with E-state index < -0.39 is 0 Å². The molecular formula is C12H9NO2. The van der Waals surface area contributed by atoms with Crippen LogP contribution in [0.25, 0.3) is 11.3 Å². The van der Waals surface area contributed by atoms with Gasteiger partial charge in [-0.2, -0.15) is 5.26 Å². The van der Waals surface area contributed by atoms with Crippen molar-refractivity contribution in [1.82, 2.24) is 0 Å². The van der Waals surface area contributed by atoms with Crippen LogP contribution in [0.15, 0.2) is 40.8 Å². The molecule has 0 saturated heterocycles. The summed E-state index contributed by atoms with van der Waals surface area (Å²) in [5, 5.41) is 17.5. The number of furan rings is 1. The van der Waals surface area contributed by atoms with Crippen molar-refractivity contribution in [2.24, 2.45) is 0 Å². The molecule has 1 aromatic carbocycles. The van der Waals surface area contributed by atoms with Gasteiger partial charge in [0.1, 0.15) is 11.8 Å². The van der Waals surface area contributed by atoms with E-state index in [1.165, 1.54) is 0 Å². The summed E-state index contributed by atoms with van der Waals surface area (Å²) >= 11 is 0. The van der Waals surface area contributed by atoms with Crippen LogP contribution in [-0.2, 0) is 6.61 Å². The monoisotopic (exact) mass is 199 g/mol. The smallest absolute Gasteiger partial charge is 0.204 e. The number of hydrogen-bond acceptors (Lipinski definition) is 3. The highest BCUT2D eigenvalue weighted by Gasteiger charge is 2.03. The fourth-order valence-electron chi connectivity index (χ4n) is 1.33. The molecule has 1 N–H and O–H groups in total. The van der Waals surface area contributed by atoms with Crippen LogP contribution in [0.4, 0.5) is 0 Å². The second-order valence-corrected chi connectivity index (χ2v) is 3.13. The second-order valence-electron chi connectivity index (χ2n) is 3.13. The largest absolute Gasteiger partial charge is 0.446 e. The number of nitriles is 1. The van der Waals surface area contributed by atoms with Crippen molar-refractivity contribution in [3.8, 4) is 17.4 Å². The first-order valence-electron chi connectivity index (χ1n) is 4.53. The Morgan fingerprint density at radius 1 is 1.13 bits per heavy atom. The van der Waals surface area contributed by atoms with Gasteiger partial charge in [0.05, 0.1) is 6.61 Å². The standard InChI is InChI=1S/C12H9NO2/c13-7-11-5-6-12(15-11)10-3-1-9(8-14)2-4-10/h1-6,14H,8H2. The van der Waals surface area contributed by atoms with Gasteiger partial charge in [0, 0.05) is 5.56 Å². The van der Waals surface area contributed by atoms with Crippen LogP contribution in [0.5, 0.6) is 0 Å². The number of aliphatic hydroxyl groups excluding tert-OH is 1. The summed E-state index contributed by atoms with van der Waals surface area (Å²) in [6, 6.07) is 12.7. The van der Waals surface area contributed by atoms with E-state index in [0.717, 1.165) is 11.1 Å². The lowest BCUT2D eigenvalue weighted by Gasteiger charge is -1.98. The molecule has 1 aromatic heterocycles. The van der Waals surface area contributed by atoms with E-state index in [4.69, 9.17) is 14.8 Å². The molecule has 3 nitrogen and oxygen atoms in total. The molecule has 0 saturated carbocycles. The summed E-state index contributed by atoms with van der Waals surface area (Å²) in [7, 11) is 0. The Kier molecular flexibility index (Phi) is 2.53. The highest BCUT2D eigenvalue weighted by molar-refractivity contribution is 5.58. The molecule has 0 aliphatic rings. The van der Waals surface area contributed by atoms with Crippen LogP contribution in [0.2, 0.25) is 0 Å². The van der Waals surface area contributed by atoms with E-state index in [1.54, 1.807) is 12.1 Å². The zero-order valence-corrected chi connectivity index (χ0v) is 7.97. The lowest BCUT2D eigenvalue weighted by atomic mass is 10.1.